The molecule has 1 aromatic carbocycles. The Balaban J connectivity index is 1.74. The summed E-state index contributed by atoms with van der Waals surface area (Å²) < 4.78 is 11.1. The van der Waals surface area contributed by atoms with E-state index in [0.29, 0.717) is 30.9 Å². The number of ether oxygens (including phenoxy) is 2. The number of rotatable bonds is 2. The largest absolute Gasteiger partial charge is 0.485 e. The van der Waals surface area contributed by atoms with Crippen LogP contribution in [0.4, 0.5) is 0 Å². The number of carbonyl (C=O) groups excluding carboxylic acids is 1. The van der Waals surface area contributed by atoms with Gasteiger partial charge >= 0.3 is 5.97 Å². The number of amides is 1. The van der Waals surface area contributed by atoms with Gasteiger partial charge in [0.25, 0.3) is 5.91 Å². The van der Waals surface area contributed by atoms with Crippen molar-refractivity contribution in [3.05, 3.63) is 24.3 Å². The van der Waals surface area contributed by atoms with Crippen molar-refractivity contribution in [2.45, 2.75) is 25.0 Å². The minimum Gasteiger partial charge on any atom is -0.485 e. The van der Waals surface area contributed by atoms with Crippen LogP contribution >= 0.6 is 0 Å². The summed E-state index contributed by atoms with van der Waals surface area (Å²) >= 11 is 0. The Kier molecular flexibility index (Phi) is 3.22. The molecule has 0 unspecified atom stereocenters. The maximum Gasteiger partial charge on any atom is 0.326 e. The quantitative estimate of drug-likeness (QED) is 0.869. The zero-order valence-corrected chi connectivity index (χ0v) is 10.8. The van der Waals surface area contributed by atoms with E-state index >= 15 is 0 Å². The maximum atomic E-state index is 12.4. The predicted molar refractivity (Wildman–Crippen MR) is 68.7 cm³/mol. The van der Waals surface area contributed by atoms with E-state index in [9.17, 15) is 9.59 Å². The summed E-state index contributed by atoms with van der Waals surface area (Å²) in [5, 5.41) is 9.12. The second-order valence-electron chi connectivity index (χ2n) is 4.89. The van der Waals surface area contributed by atoms with Gasteiger partial charge in [-0.1, -0.05) is 12.1 Å². The Labute approximate surface area is 115 Å². The molecule has 20 heavy (non-hydrogen) atoms. The minimum atomic E-state index is -0.965. The highest BCUT2D eigenvalue weighted by Crippen LogP contribution is 2.32. The summed E-state index contributed by atoms with van der Waals surface area (Å²) in [5.74, 6) is -0.159. The summed E-state index contributed by atoms with van der Waals surface area (Å²) in [4.78, 5) is 24.9. The molecule has 0 saturated carbocycles. The smallest absolute Gasteiger partial charge is 0.326 e. The molecule has 2 heterocycles. The van der Waals surface area contributed by atoms with E-state index in [2.05, 4.69) is 0 Å². The lowest BCUT2D eigenvalue weighted by Gasteiger charge is -2.30. The Hall–Kier alpha value is -2.24. The first-order chi connectivity index (χ1) is 9.66. The van der Waals surface area contributed by atoms with Gasteiger partial charge < -0.3 is 19.5 Å². The molecule has 0 spiro atoms. The molecule has 3 rings (SSSR count). The van der Waals surface area contributed by atoms with Crippen molar-refractivity contribution in [1.82, 2.24) is 4.90 Å². The van der Waals surface area contributed by atoms with Crippen LogP contribution < -0.4 is 9.47 Å². The number of para-hydroxylation sites is 2. The van der Waals surface area contributed by atoms with Crippen LogP contribution in [0.25, 0.3) is 0 Å². The van der Waals surface area contributed by atoms with Crippen molar-refractivity contribution in [3.63, 3.8) is 0 Å². The Morgan fingerprint density at radius 1 is 1.25 bits per heavy atom. The van der Waals surface area contributed by atoms with Crippen molar-refractivity contribution in [1.29, 1.82) is 0 Å². The van der Waals surface area contributed by atoms with Gasteiger partial charge in [0, 0.05) is 6.54 Å². The van der Waals surface area contributed by atoms with Crippen LogP contribution in [-0.2, 0) is 9.59 Å². The topological polar surface area (TPSA) is 76.1 Å². The highest BCUT2D eigenvalue weighted by atomic mass is 16.6. The number of hydrogen-bond acceptors (Lipinski definition) is 4. The van der Waals surface area contributed by atoms with Crippen molar-refractivity contribution in [2.75, 3.05) is 13.2 Å². The SMILES string of the molecule is O=C(O)[C@@H]1CCCN1C(=O)[C@H]1COc2ccccc2O1. The van der Waals surface area contributed by atoms with Gasteiger partial charge in [0.2, 0.25) is 6.10 Å². The van der Waals surface area contributed by atoms with E-state index in [4.69, 9.17) is 14.6 Å². The molecule has 0 radical (unpaired) electrons. The zero-order valence-electron chi connectivity index (χ0n) is 10.8. The molecule has 1 saturated heterocycles. The van der Waals surface area contributed by atoms with Gasteiger partial charge in [-0.05, 0) is 25.0 Å². The fourth-order valence-electron chi connectivity index (χ4n) is 2.61. The molecule has 1 fully saturated rings. The second kappa shape index (κ2) is 5.03. The molecule has 1 amide bonds. The third-order valence-corrected chi connectivity index (χ3v) is 3.60. The molecule has 0 aliphatic carbocycles. The van der Waals surface area contributed by atoms with E-state index in [1.807, 2.05) is 6.07 Å². The van der Waals surface area contributed by atoms with Crippen LogP contribution in [0.1, 0.15) is 12.8 Å². The average molecular weight is 277 g/mol. The molecular formula is C14H15NO5. The molecule has 0 aromatic heterocycles. The third kappa shape index (κ3) is 2.17. The van der Waals surface area contributed by atoms with E-state index < -0.39 is 18.1 Å². The zero-order chi connectivity index (χ0) is 14.1. The van der Waals surface area contributed by atoms with Crippen molar-refractivity contribution >= 4 is 11.9 Å². The number of aliphatic carboxylic acids is 1. The molecule has 2 aliphatic rings. The van der Waals surface area contributed by atoms with E-state index in [1.54, 1.807) is 18.2 Å². The first-order valence-electron chi connectivity index (χ1n) is 6.58. The number of carboxylic acid groups (broad SMARTS) is 1. The molecule has 1 N–H and O–H groups in total. The summed E-state index contributed by atoms with van der Waals surface area (Å²) in [5.41, 5.74) is 0. The van der Waals surface area contributed by atoms with Crippen LogP contribution in [0.3, 0.4) is 0 Å². The highest BCUT2D eigenvalue weighted by Gasteiger charge is 2.39. The van der Waals surface area contributed by atoms with Crippen LogP contribution in [0.5, 0.6) is 11.5 Å². The van der Waals surface area contributed by atoms with Gasteiger partial charge in [-0.25, -0.2) is 4.79 Å². The lowest BCUT2D eigenvalue weighted by Crippen LogP contribution is -2.50. The van der Waals surface area contributed by atoms with Gasteiger partial charge in [-0.3, -0.25) is 4.79 Å². The highest BCUT2D eigenvalue weighted by molar-refractivity contribution is 5.87. The lowest BCUT2D eigenvalue weighted by molar-refractivity contribution is -0.152. The normalized spacial score (nSPS) is 24.5. The summed E-state index contributed by atoms with van der Waals surface area (Å²) in [6.45, 7) is 0.565. The van der Waals surface area contributed by atoms with Gasteiger partial charge in [-0.15, -0.1) is 0 Å². The second-order valence-corrected chi connectivity index (χ2v) is 4.89. The molecule has 1 aromatic rings. The molecule has 106 valence electrons. The van der Waals surface area contributed by atoms with E-state index in [1.165, 1.54) is 4.90 Å². The van der Waals surface area contributed by atoms with Crippen LogP contribution in [-0.4, -0.2) is 47.2 Å². The fraction of sp³-hybridized carbons (Fsp3) is 0.429. The summed E-state index contributed by atoms with van der Waals surface area (Å²) in [7, 11) is 0. The predicted octanol–water partition coefficient (Wildman–Crippen LogP) is 0.902. The van der Waals surface area contributed by atoms with Gasteiger partial charge in [-0.2, -0.15) is 0 Å². The van der Waals surface area contributed by atoms with Gasteiger partial charge in [0.15, 0.2) is 11.5 Å². The van der Waals surface area contributed by atoms with Crippen molar-refractivity contribution in [3.8, 4) is 11.5 Å². The first-order valence-corrected chi connectivity index (χ1v) is 6.58. The number of benzene rings is 1. The molecule has 2 atom stereocenters. The number of carbonyl (C=O) groups is 2. The minimum absolute atomic E-state index is 0.110. The van der Waals surface area contributed by atoms with Crippen LogP contribution in [0.2, 0.25) is 0 Å². The van der Waals surface area contributed by atoms with Crippen LogP contribution in [0, 0.1) is 0 Å². The number of hydrogen-bond donors (Lipinski definition) is 1. The Morgan fingerprint density at radius 3 is 2.75 bits per heavy atom. The number of likely N-dealkylation sites (tertiary alicyclic amines) is 1. The van der Waals surface area contributed by atoms with Crippen molar-refractivity contribution in [2.24, 2.45) is 0 Å². The molecular weight excluding hydrogens is 262 g/mol. The Morgan fingerprint density at radius 2 is 2.00 bits per heavy atom. The molecule has 0 bridgehead atoms. The Bertz CT molecular complexity index is 544. The number of fused-ring (bicyclic) bond motifs is 1. The number of nitrogens with zero attached hydrogens (tertiary/aromatic N) is 1. The molecule has 2 aliphatic heterocycles. The molecule has 6 heteroatoms. The van der Waals surface area contributed by atoms with Gasteiger partial charge in [0.05, 0.1) is 0 Å². The van der Waals surface area contributed by atoms with Crippen LogP contribution in [0.15, 0.2) is 24.3 Å². The monoisotopic (exact) mass is 277 g/mol. The third-order valence-electron chi connectivity index (χ3n) is 3.60. The maximum absolute atomic E-state index is 12.4. The summed E-state index contributed by atoms with van der Waals surface area (Å²) in [6, 6.07) is 6.37. The standard InChI is InChI=1S/C14H15NO5/c16-13(15-7-3-4-9(15)14(17)18)12-8-19-10-5-1-2-6-11(10)20-12/h1-2,5-6,9,12H,3-4,7-8H2,(H,17,18)/t9-,12+/m0/s1. The lowest BCUT2D eigenvalue weighted by atomic mass is 10.2. The van der Waals surface area contributed by atoms with Gasteiger partial charge in [0.1, 0.15) is 12.6 Å². The van der Waals surface area contributed by atoms with E-state index in [0.717, 1.165) is 0 Å². The first kappa shape index (κ1) is 12.8. The fourth-order valence-corrected chi connectivity index (χ4v) is 2.61. The summed E-state index contributed by atoms with van der Waals surface area (Å²) in [6.07, 6.45) is 0.419. The number of carboxylic acids is 1. The van der Waals surface area contributed by atoms with Crippen molar-refractivity contribution < 1.29 is 24.2 Å². The molecule has 6 nitrogen and oxygen atoms in total. The van der Waals surface area contributed by atoms with E-state index in [-0.39, 0.29) is 12.5 Å². The average Bonchev–Trinajstić information content (AvgIpc) is 2.95.